The average Bonchev–Trinajstić information content (AvgIpc) is 3.83. The van der Waals surface area contributed by atoms with Crippen molar-refractivity contribution in [2.24, 2.45) is 17.8 Å². The summed E-state index contributed by atoms with van der Waals surface area (Å²) in [6, 6.07) is 13.9. The summed E-state index contributed by atoms with van der Waals surface area (Å²) in [7, 11) is 1.51. The molecule has 11 heteroatoms. The SMILES string of the molecule is COc1ccc(C[C@H]2NC(=O)/C=C/C[C@@H]([C@H](C)[C@@H]3O[C@H]3c3ccccc3)OC(=O)[C@H](CC(C)C)OC(=O)[C@H](C)CNC2=O)cc1Cl. The summed E-state index contributed by atoms with van der Waals surface area (Å²) in [5.41, 5.74) is 1.73. The smallest absolute Gasteiger partial charge is 0.347 e. The summed E-state index contributed by atoms with van der Waals surface area (Å²) in [6.07, 6.45) is 1.40. The predicted molar refractivity (Wildman–Crippen MR) is 172 cm³/mol. The number of esters is 2. The zero-order chi connectivity index (χ0) is 33.4. The van der Waals surface area contributed by atoms with Crippen molar-refractivity contribution in [1.29, 1.82) is 0 Å². The quantitative estimate of drug-likeness (QED) is 0.308. The lowest BCUT2D eigenvalue weighted by Crippen LogP contribution is -2.49. The number of rotatable bonds is 8. The van der Waals surface area contributed by atoms with Crippen molar-refractivity contribution < 1.29 is 38.1 Å². The molecule has 0 unspecified atom stereocenters. The third kappa shape index (κ3) is 9.56. The Morgan fingerprint density at radius 2 is 1.74 bits per heavy atom. The maximum atomic E-state index is 13.5. The fraction of sp³-hybridized carbons (Fsp3) is 0.486. The van der Waals surface area contributed by atoms with Crippen molar-refractivity contribution in [3.63, 3.8) is 0 Å². The zero-order valence-electron chi connectivity index (χ0n) is 26.9. The van der Waals surface area contributed by atoms with Crippen LogP contribution in [-0.2, 0) is 39.8 Å². The number of amides is 2. The van der Waals surface area contributed by atoms with Crippen LogP contribution in [0.1, 0.15) is 57.8 Å². The number of nitrogens with one attached hydrogen (secondary N) is 2. The number of benzene rings is 2. The minimum absolute atomic E-state index is 0.0341. The lowest BCUT2D eigenvalue weighted by atomic mass is 9.93. The highest BCUT2D eigenvalue weighted by atomic mass is 35.5. The highest BCUT2D eigenvalue weighted by Crippen LogP contribution is 2.45. The molecule has 2 aromatic rings. The van der Waals surface area contributed by atoms with Crippen LogP contribution in [0.2, 0.25) is 5.02 Å². The average molecular weight is 655 g/mol. The molecule has 2 aliphatic rings. The highest BCUT2D eigenvalue weighted by Gasteiger charge is 2.47. The van der Waals surface area contributed by atoms with Gasteiger partial charge in [-0.05, 0) is 41.7 Å². The Kier molecular flexibility index (Phi) is 12.2. The van der Waals surface area contributed by atoms with Crippen LogP contribution in [0.25, 0.3) is 0 Å². The van der Waals surface area contributed by atoms with Crippen LogP contribution in [0, 0.1) is 17.8 Å². The molecular formula is C35H43ClN2O8. The molecule has 1 fully saturated rings. The highest BCUT2D eigenvalue weighted by molar-refractivity contribution is 6.32. The van der Waals surface area contributed by atoms with Gasteiger partial charge in [-0.2, -0.15) is 0 Å². The van der Waals surface area contributed by atoms with Crippen LogP contribution in [0.15, 0.2) is 60.7 Å². The predicted octanol–water partition coefficient (Wildman–Crippen LogP) is 4.73. The van der Waals surface area contributed by atoms with E-state index in [-0.39, 0.29) is 49.9 Å². The lowest BCUT2D eigenvalue weighted by molar-refractivity contribution is -0.176. The fourth-order valence-corrected chi connectivity index (χ4v) is 5.67. The van der Waals surface area contributed by atoms with Gasteiger partial charge in [-0.15, -0.1) is 0 Å². The minimum atomic E-state index is -1.13. The van der Waals surface area contributed by atoms with Gasteiger partial charge in [0.05, 0.1) is 24.2 Å². The van der Waals surface area contributed by atoms with Crippen molar-refractivity contribution in [2.45, 2.75) is 77.4 Å². The van der Waals surface area contributed by atoms with E-state index in [4.69, 9.17) is 30.5 Å². The number of hydrogen-bond donors (Lipinski definition) is 2. The summed E-state index contributed by atoms with van der Waals surface area (Å²) in [4.78, 5) is 52.9. The number of halogens is 1. The monoisotopic (exact) mass is 654 g/mol. The fourth-order valence-electron chi connectivity index (χ4n) is 5.39. The number of hydrogen-bond acceptors (Lipinski definition) is 8. The Hall–Kier alpha value is -3.89. The number of carbonyl (C=O) groups excluding carboxylic acids is 4. The van der Waals surface area contributed by atoms with Crippen molar-refractivity contribution in [3.05, 3.63) is 76.8 Å². The first-order valence-corrected chi connectivity index (χ1v) is 16.0. The molecule has 0 aromatic heterocycles. The van der Waals surface area contributed by atoms with Crippen LogP contribution in [0.5, 0.6) is 5.75 Å². The van der Waals surface area contributed by atoms with Gasteiger partial charge in [0.2, 0.25) is 11.8 Å². The molecule has 7 atom stereocenters. The molecule has 0 saturated carbocycles. The summed E-state index contributed by atoms with van der Waals surface area (Å²) in [5.74, 6) is -2.78. The molecule has 0 radical (unpaired) electrons. The van der Waals surface area contributed by atoms with E-state index >= 15 is 0 Å². The van der Waals surface area contributed by atoms with Gasteiger partial charge < -0.3 is 29.6 Å². The molecule has 46 heavy (non-hydrogen) atoms. The molecule has 2 aliphatic heterocycles. The number of ether oxygens (including phenoxy) is 4. The van der Waals surface area contributed by atoms with Crippen molar-refractivity contribution in [1.82, 2.24) is 10.6 Å². The Labute approximate surface area is 275 Å². The van der Waals surface area contributed by atoms with E-state index in [2.05, 4.69) is 10.6 Å². The van der Waals surface area contributed by atoms with Crippen molar-refractivity contribution in [3.8, 4) is 5.75 Å². The van der Waals surface area contributed by atoms with E-state index in [0.717, 1.165) is 5.56 Å². The number of cyclic esters (lactones) is 2. The molecule has 2 heterocycles. The maximum Gasteiger partial charge on any atom is 0.347 e. The van der Waals surface area contributed by atoms with Gasteiger partial charge in [0, 0.05) is 25.3 Å². The molecule has 248 valence electrons. The molecule has 4 rings (SSSR count). The van der Waals surface area contributed by atoms with Crippen LogP contribution in [0.4, 0.5) is 0 Å². The summed E-state index contributed by atoms with van der Waals surface area (Å²) < 4.78 is 22.9. The Morgan fingerprint density at radius 3 is 2.41 bits per heavy atom. The lowest BCUT2D eigenvalue weighted by Gasteiger charge is -2.27. The van der Waals surface area contributed by atoms with Gasteiger partial charge in [-0.25, -0.2) is 4.79 Å². The van der Waals surface area contributed by atoms with Crippen molar-refractivity contribution >= 4 is 35.4 Å². The maximum absolute atomic E-state index is 13.5. The number of methoxy groups -OCH3 is 1. The standard InChI is InChI=1S/C35H43ClN2O8/c1-20(2)16-29-35(42)44-27(22(4)31-32(46-31)24-10-7-6-8-11-24)12-9-13-30(39)38-26(33(40)37-19-21(3)34(41)45-29)18-23-14-15-28(43-5)25(36)17-23/h6-11,13-15,17,20-22,26-27,29,31-32H,12,16,18-19H2,1-5H3,(H,37,40)(H,38,39)/b13-9+/t21-,22+,26-,27+,29+,31+,32+/m1/s1. The second-order valence-corrected chi connectivity index (χ2v) is 12.7. The van der Waals surface area contributed by atoms with Gasteiger partial charge in [-0.1, -0.05) is 81.8 Å². The molecule has 0 aliphatic carbocycles. The summed E-state index contributed by atoms with van der Waals surface area (Å²) in [6.45, 7) is 7.31. The van der Waals surface area contributed by atoms with E-state index in [1.807, 2.05) is 51.1 Å². The Bertz CT molecular complexity index is 1410. The molecule has 2 N–H and O–H groups in total. The molecular weight excluding hydrogens is 612 g/mol. The Morgan fingerprint density at radius 1 is 1.00 bits per heavy atom. The van der Waals surface area contributed by atoms with Gasteiger partial charge in [-0.3, -0.25) is 14.4 Å². The first-order valence-electron chi connectivity index (χ1n) is 15.6. The first-order chi connectivity index (χ1) is 22.0. The molecule has 2 amide bonds. The van der Waals surface area contributed by atoms with E-state index in [0.29, 0.717) is 16.3 Å². The van der Waals surface area contributed by atoms with Gasteiger partial charge in [0.15, 0.2) is 6.10 Å². The van der Waals surface area contributed by atoms with E-state index in [1.165, 1.54) is 13.2 Å². The third-order valence-electron chi connectivity index (χ3n) is 8.14. The minimum Gasteiger partial charge on any atom is -0.495 e. The van der Waals surface area contributed by atoms with Crippen LogP contribution in [0.3, 0.4) is 0 Å². The van der Waals surface area contributed by atoms with E-state index in [1.54, 1.807) is 31.2 Å². The van der Waals surface area contributed by atoms with E-state index in [9.17, 15) is 19.2 Å². The van der Waals surface area contributed by atoms with Gasteiger partial charge in [0.25, 0.3) is 0 Å². The third-order valence-corrected chi connectivity index (χ3v) is 8.44. The summed E-state index contributed by atoms with van der Waals surface area (Å²) in [5, 5.41) is 5.86. The second-order valence-electron chi connectivity index (χ2n) is 12.3. The first kappa shape index (κ1) is 35.0. The van der Waals surface area contributed by atoms with Crippen LogP contribution < -0.4 is 15.4 Å². The largest absolute Gasteiger partial charge is 0.495 e. The van der Waals surface area contributed by atoms with Crippen LogP contribution in [-0.4, -0.2) is 61.8 Å². The second kappa shape index (κ2) is 16.1. The molecule has 2 aromatic carbocycles. The summed E-state index contributed by atoms with van der Waals surface area (Å²) >= 11 is 6.30. The van der Waals surface area contributed by atoms with Crippen LogP contribution >= 0.6 is 11.6 Å². The molecule has 0 bridgehead atoms. The normalized spacial score (nSPS) is 27.5. The van der Waals surface area contributed by atoms with E-state index < -0.39 is 47.9 Å². The topological polar surface area (TPSA) is 133 Å². The number of epoxide rings is 1. The van der Waals surface area contributed by atoms with Gasteiger partial charge >= 0.3 is 11.9 Å². The Balaban J connectivity index is 1.58. The molecule has 0 spiro atoms. The number of carbonyl (C=O) groups is 4. The van der Waals surface area contributed by atoms with Crippen molar-refractivity contribution in [2.75, 3.05) is 13.7 Å². The molecule has 10 nitrogen and oxygen atoms in total. The molecule has 1 saturated heterocycles. The van der Waals surface area contributed by atoms with Gasteiger partial charge in [0.1, 0.15) is 24.0 Å². The zero-order valence-corrected chi connectivity index (χ0v) is 27.6.